The summed E-state index contributed by atoms with van der Waals surface area (Å²) in [6.45, 7) is -1.66. The van der Waals surface area contributed by atoms with Gasteiger partial charge in [-0.2, -0.15) is 17.5 Å². The molecule has 0 saturated carbocycles. The number of hydrogen-bond acceptors (Lipinski definition) is 5. The number of nitrogens with zero attached hydrogens (tertiary/aromatic N) is 2. The molecular weight excluding hydrogens is 315 g/mol. The Morgan fingerprint density at radius 3 is 2.38 bits per heavy atom. The number of alkyl halides is 3. The van der Waals surface area contributed by atoms with Gasteiger partial charge in [0, 0.05) is 26.2 Å². The van der Waals surface area contributed by atoms with Gasteiger partial charge in [0.2, 0.25) is 10.0 Å². The van der Waals surface area contributed by atoms with Crippen LogP contribution >= 0.6 is 0 Å². The SMILES string of the molecule is CNc1cc([N+](=O)[O-])ccc1S(=O)(=O)N(C)CC(F)(F)F. The van der Waals surface area contributed by atoms with E-state index < -0.39 is 32.6 Å². The Morgan fingerprint density at radius 2 is 1.95 bits per heavy atom. The second-order valence-electron chi connectivity index (χ2n) is 4.06. The molecule has 1 rings (SSSR count). The fraction of sp³-hybridized carbons (Fsp3) is 0.400. The van der Waals surface area contributed by atoms with Gasteiger partial charge in [-0.1, -0.05) is 0 Å². The summed E-state index contributed by atoms with van der Waals surface area (Å²) in [6.07, 6.45) is -4.69. The molecule has 0 aromatic heterocycles. The van der Waals surface area contributed by atoms with Crippen LogP contribution in [0.4, 0.5) is 24.5 Å². The molecule has 0 bridgehead atoms. The van der Waals surface area contributed by atoms with E-state index >= 15 is 0 Å². The van der Waals surface area contributed by atoms with Crippen molar-refractivity contribution >= 4 is 21.4 Å². The van der Waals surface area contributed by atoms with Gasteiger partial charge in [-0.15, -0.1) is 0 Å². The Morgan fingerprint density at radius 1 is 1.38 bits per heavy atom. The van der Waals surface area contributed by atoms with E-state index in [1.54, 1.807) is 0 Å². The highest BCUT2D eigenvalue weighted by Gasteiger charge is 2.35. The van der Waals surface area contributed by atoms with E-state index in [1.165, 1.54) is 7.05 Å². The minimum Gasteiger partial charge on any atom is -0.387 e. The van der Waals surface area contributed by atoms with Gasteiger partial charge in [-0.05, 0) is 6.07 Å². The van der Waals surface area contributed by atoms with Gasteiger partial charge >= 0.3 is 6.18 Å². The van der Waals surface area contributed by atoms with Crippen LogP contribution in [0.1, 0.15) is 0 Å². The van der Waals surface area contributed by atoms with Crippen LogP contribution in [-0.4, -0.2) is 44.5 Å². The molecule has 0 aliphatic rings. The summed E-state index contributed by atoms with van der Waals surface area (Å²) in [5.74, 6) is 0. The molecule has 7 nitrogen and oxygen atoms in total. The lowest BCUT2D eigenvalue weighted by Gasteiger charge is -2.20. The lowest BCUT2D eigenvalue weighted by atomic mass is 10.3. The van der Waals surface area contributed by atoms with Crippen LogP contribution in [-0.2, 0) is 10.0 Å². The Hall–Kier alpha value is -1.88. The number of nitro groups is 1. The number of nitro benzene ring substituents is 1. The third-order valence-electron chi connectivity index (χ3n) is 2.53. The van der Waals surface area contributed by atoms with Crippen LogP contribution in [0.5, 0.6) is 0 Å². The first-order valence-electron chi connectivity index (χ1n) is 5.48. The van der Waals surface area contributed by atoms with Gasteiger partial charge in [0.25, 0.3) is 5.69 Å². The zero-order valence-electron chi connectivity index (χ0n) is 11.0. The number of sulfonamides is 1. The van der Waals surface area contributed by atoms with Crippen molar-refractivity contribution in [2.75, 3.05) is 26.0 Å². The molecule has 0 spiro atoms. The molecule has 1 aromatic rings. The second-order valence-corrected chi connectivity index (χ2v) is 6.08. The van der Waals surface area contributed by atoms with Crippen LogP contribution < -0.4 is 5.32 Å². The van der Waals surface area contributed by atoms with Crippen molar-refractivity contribution < 1.29 is 26.5 Å². The smallest absolute Gasteiger partial charge is 0.387 e. The van der Waals surface area contributed by atoms with E-state index in [0.717, 1.165) is 25.2 Å². The predicted molar refractivity (Wildman–Crippen MR) is 68.5 cm³/mol. The van der Waals surface area contributed by atoms with Crippen LogP contribution in [0.3, 0.4) is 0 Å². The van der Waals surface area contributed by atoms with Crippen molar-refractivity contribution in [2.45, 2.75) is 11.1 Å². The van der Waals surface area contributed by atoms with Crippen molar-refractivity contribution in [3.8, 4) is 0 Å². The molecule has 21 heavy (non-hydrogen) atoms. The molecule has 118 valence electrons. The molecule has 1 aromatic carbocycles. The van der Waals surface area contributed by atoms with Crippen LogP contribution in [0.25, 0.3) is 0 Å². The van der Waals surface area contributed by atoms with Crippen molar-refractivity contribution in [1.82, 2.24) is 4.31 Å². The topological polar surface area (TPSA) is 92.5 Å². The Balaban J connectivity index is 3.28. The zero-order chi connectivity index (χ0) is 16.4. The summed E-state index contributed by atoms with van der Waals surface area (Å²) in [7, 11) is -2.34. The highest BCUT2D eigenvalue weighted by molar-refractivity contribution is 7.89. The van der Waals surface area contributed by atoms with Gasteiger partial charge in [0.05, 0.1) is 10.6 Å². The number of halogens is 3. The minimum atomic E-state index is -4.69. The summed E-state index contributed by atoms with van der Waals surface area (Å²) < 4.78 is 61.2. The molecule has 0 radical (unpaired) electrons. The fourth-order valence-electron chi connectivity index (χ4n) is 1.56. The third-order valence-corrected chi connectivity index (χ3v) is 4.40. The van der Waals surface area contributed by atoms with Crippen LogP contribution in [0.2, 0.25) is 0 Å². The van der Waals surface area contributed by atoms with Gasteiger partial charge in [0.15, 0.2) is 0 Å². The number of nitrogens with one attached hydrogen (secondary N) is 1. The Labute approximate surface area is 118 Å². The molecule has 0 aliphatic carbocycles. The van der Waals surface area contributed by atoms with Crippen LogP contribution in [0, 0.1) is 10.1 Å². The lowest BCUT2D eigenvalue weighted by molar-refractivity contribution is -0.384. The summed E-state index contributed by atoms with van der Waals surface area (Å²) in [6, 6.07) is 2.75. The van der Waals surface area contributed by atoms with Gasteiger partial charge in [-0.25, -0.2) is 8.42 Å². The standard InChI is InChI=1S/C10H12F3N3O4S/c1-14-8-5-7(16(17)18)3-4-9(8)21(19,20)15(2)6-10(11,12)13/h3-5,14H,6H2,1-2H3. The molecule has 0 heterocycles. The highest BCUT2D eigenvalue weighted by Crippen LogP contribution is 2.29. The molecule has 1 N–H and O–H groups in total. The first kappa shape index (κ1) is 17.2. The highest BCUT2D eigenvalue weighted by atomic mass is 32.2. The monoisotopic (exact) mass is 327 g/mol. The van der Waals surface area contributed by atoms with E-state index in [2.05, 4.69) is 5.32 Å². The van der Waals surface area contributed by atoms with Crippen molar-refractivity contribution in [2.24, 2.45) is 0 Å². The number of rotatable bonds is 5. The zero-order valence-corrected chi connectivity index (χ0v) is 11.8. The number of benzene rings is 1. The number of hydrogen-bond donors (Lipinski definition) is 1. The van der Waals surface area contributed by atoms with E-state index in [9.17, 15) is 31.7 Å². The third kappa shape index (κ3) is 4.04. The molecule has 11 heteroatoms. The van der Waals surface area contributed by atoms with Crippen molar-refractivity contribution in [1.29, 1.82) is 0 Å². The minimum absolute atomic E-state index is 0.134. The molecule has 0 unspecified atom stereocenters. The second kappa shape index (κ2) is 5.85. The van der Waals surface area contributed by atoms with E-state index in [0.29, 0.717) is 0 Å². The number of non-ortho nitro benzene ring substituents is 1. The maximum Gasteiger partial charge on any atom is 0.402 e. The first-order chi connectivity index (χ1) is 9.49. The predicted octanol–water partition coefficient (Wildman–Crippen LogP) is 1.82. The molecular formula is C10H12F3N3O4S. The maximum atomic E-state index is 12.3. The molecule has 0 aliphatic heterocycles. The van der Waals surface area contributed by atoms with Gasteiger partial charge in [-0.3, -0.25) is 10.1 Å². The van der Waals surface area contributed by atoms with Gasteiger partial charge < -0.3 is 5.32 Å². The Bertz CT molecular complexity index is 645. The first-order valence-corrected chi connectivity index (χ1v) is 6.92. The van der Waals surface area contributed by atoms with Crippen LogP contribution in [0.15, 0.2) is 23.1 Å². The fourth-order valence-corrected chi connectivity index (χ4v) is 2.89. The summed E-state index contributed by atoms with van der Waals surface area (Å²) in [5, 5.41) is 13.0. The lowest BCUT2D eigenvalue weighted by Crippen LogP contribution is -2.36. The molecule has 0 saturated heterocycles. The van der Waals surface area contributed by atoms with E-state index in [4.69, 9.17) is 0 Å². The quantitative estimate of drug-likeness (QED) is 0.658. The molecule has 0 atom stereocenters. The van der Waals surface area contributed by atoms with Crippen molar-refractivity contribution in [3.05, 3.63) is 28.3 Å². The summed E-state index contributed by atoms with van der Waals surface area (Å²) in [4.78, 5) is 9.41. The van der Waals surface area contributed by atoms with Gasteiger partial charge in [0.1, 0.15) is 11.4 Å². The van der Waals surface area contributed by atoms with E-state index in [1.807, 2.05) is 0 Å². The average Bonchev–Trinajstić information content (AvgIpc) is 2.35. The van der Waals surface area contributed by atoms with Crippen molar-refractivity contribution in [3.63, 3.8) is 0 Å². The molecule has 0 amide bonds. The normalized spacial score (nSPS) is 12.5. The largest absolute Gasteiger partial charge is 0.402 e. The number of anilines is 1. The molecule has 0 fully saturated rings. The Kier molecular flexibility index (Phi) is 4.79. The average molecular weight is 327 g/mol. The summed E-state index contributed by atoms with van der Waals surface area (Å²) in [5.41, 5.74) is -0.532. The summed E-state index contributed by atoms with van der Waals surface area (Å²) >= 11 is 0. The maximum absolute atomic E-state index is 12.3. The van der Waals surface area contributed by atoms with E-state index in [-0.39, 0.29) is 15.7 Å².